The predicted octanol–water partition coefficient (Wildman–Crippen LogP) is 5.83. The first-order valence-corrected chi connectivity index (χ1v) is 9.85. The molecule has 0 aliphatic heterocycles. The van der Waals surface area contributed by atoms with Crippen LogP contribution in [0.25, 0.3) is 12.2 Å². The molecule has 6 heteroatoms. The molecule has 32 heavy (non-hydrogen) atoms. The third kappa shape index (κ3) is 5.76. The molecule has 1 N–H and O–H groups in total. The van der Waals surface area contributed by atoms with Gasteiger partial charge < -0.3 is 19.5 Å². The van der Waals surface area contributed by atoms with E-state index in [2.05, 4.69) is 5.32 Å². The van der Waals surface area contributed by atoms with Gasteiger partial charge in [0.2, 0.25) is 5.75 Å². The highest BCUT2D eigenvalue weighted by Gasteiger charge is 2.12. The Morgan fingerprint density at radius 2 is 1.53 bits per heavy atom. The first kappa shape index (κ1) is 22.6. The lowest BCUT2D eigenvalue weighted by Gasteiger charge is -2.12. The summed E-state index contributed by atoms with van der Waals surface area (Å²) < 4.78 is 29.4. The molecule has 0 saturated carbocycles. The number of rotatable bonds is 9. The molecule has 0 saturated heterocycles. The van der Waals surface area contributed by atoms with Crippen molar-refractivity contribution >= 4 is 23.6 Å². The molecule has 0 heterocycles. The maximum atomic E-state index is 13.3. The number of methoxy groups -OCH3 is 3. The van der Waals surface area contributed by atoms with E-state index in [0.717, 1.165) is 16.8 Å². The molecule has 0 radical (unpaired) electrons. The Balaban J connectivity index is 1.71. The minimum Gasteiger partial charge on any atom is -0.493 e. The smallest absolute Gasteiger partial charge is 0.203 e. The Bertz CT molecular complexity index is 1130. The van der Waals surface area contributed by atoms with Crippen molar-refractivity contribution in [2.24, 2.45) is 0 Å². The first-order valence-electron chi connectivity index (χ1n) is 9.85. The summed E-state index contributed by atoms with van der Waals surface area (Å²) in [4.78, 5) is 12.1. The average molecular weight is 433 g/mol. The van der Waals surface area contributed by atoms with Gasteiger partial charge in [-0.3, -0.25) is 4.79 Å². The highest BCUT2D eigenvalue weighted by molar-refractivity contribution is 6.04. The summed E-state index contributed by atoms with van der Waals surface area (Å²) in [6, 6.07) is 17.0. The fourth-order valence-electron chi connectivity index (χ4n) is 3.07. The lowest BCUT2D eigenvalue weighted by molar-refractivity contribution is 0.104. The van der Waals surface area contributed by atoms with Crippen molar-refractivity contribution in [1.29, 1.82) is 0 Å². The zero-order valence-corrected chi connectivity index (χ0v) is 18.1. The zero-order chi connectivity index (χ0) is 22.9. The third-order valence-electron chi connectivity index (χ3n) is 4.64. The number of allylic oxidation sites excluding steroid dienone is 1. The average Bonchev–Trinajstić information content (AvgIpc) is 2.82. The summed E-state index contributed by atoms with van der Waals surface area (Å²) in [5.41, 5.74) is 2.94. The molecule has 0 atom stereocenters. The van der Waals surface area contributed by atoms with Crippen molar-refractivity contribution in [3.05, 3.63) is 95.4 Å². The number of halogens is 1. The number of hydrogen-bond acceptors (Lipinski definition) is 5. The molecule has 3 aromatic carbocycles. The van der Waals surface area contributed by atoms with Gasteiger partial charge in [0.05, 0.1) is 21.3 Å². The second kappa shape index (κ2) is 10.8. The van der Waals surface area contributed by atoms with Gasteiger partial charge in [0.25, 0.3) is 0 Å². The van der Waals surface area contributed by atoms with Crippen molar-refractivity contribution in [3.8, 4) is 17.2 Å². The molecular formula is C26H24FNO4. The van der Waals surface area contributed by atoms with Gasteiger partial charge in [-0.2, -0.15) is 0 Å². The van der Waals surface area contributed by atoms with Crippen LogP contribution in [-0.2, 0) is 0 Å². The normalized spacial score (nSPS) is 11.0. The molecule has 0 fully saturated rings. The van der Waals surface area contributed by atoms with Gasteiger partial charge in [0, 0.05) is 23.5 Å². The second-order valence-electron chi connectivity index (χ2n) is 6.77. The molecule has 0 spiro atoms. The van der Waals surface area contributed by atoms with Gasteiger partial charge in [0.15, 0.2) is 17.3 Å². The highest BCUT2D eigenvalue weighted by Crippen LogP contribution is 2.38. The Labute approximate surface area is 186 Å². The van der Waals surface area contributed by atoms with Crippen LogP contribution in [0.3, 0.4) is 0 Å². The number of benzene rings is 3. The van der Waals surface area contributed by atoms with Gasteiger partial charge in [-0.05, 0) is 47.5 Å². The number of carbonyl (C=O) groups is 1. The molecule has 0 aromatic heterocycles. The minimum atomic E-state index is -0.441. The lowest BCUT2D eigenvalue weighted by Crippen LogP contribution is -1.97. The van der Waals surface area contributed by atoms with E-state index in [0.29, 0.717) is 22.8 Å². The summed E-state index contributed by atoms with van der Waals surface area (Å²) >= 11 is 0. The molecule has 0 amide bonds. The third-order valence-corrected chi connectivity index (χ3v) is 4.64. The van der Waals surface area contributed by atoms with Gasteiger partial charge in [-0.25, -0.2) is 4.39 Å². The number of ether oxygens (including phenoxy) is 3. The van der Waals surface area contributed by atoms with Gasteiger partial charge in [-0.15, -0.1) is 0 Å². The van der Waals surface area contributed by atoms with E-state index in [1.54, 1.807) is 27.4 Å². The SMILES string of the molecule is COc1cc(C=Cc2cccc(NC=CC(=O)c3cccc(F)c3)c2)cc(OC)c1OC. The van der Waals surface area contributed by atoms with Gasteiger partial charge >= 0.3 is 0 Å². The van der Waals surface area contributed by atoms with Crippen LogP contribution in [-0.4, -0.2) is 27.1 Å². The van der Waals surface area contributed by atoms with Crippen molar-refractivity contribution < 1.29 is 23.4 Å². The highest BCUT2D eigenvalue weighted by atomic mass is 19.1. The molecule has 0 unspecified atom stereocenters. The van der Waals surface area contributed by atoms with E-state index in [1.165, 1.54) is 30.5 Å². The van der Waals surface area contributed by atoms with Crippen LogP contribution < -0.4 is 19.5 Å². The van der Waals surface area contributed by atoms with Crippen molar-refractivity contribution in [1.82, 2.24) is 0 Å². The van der Waals surface area contributed by atoms with Crippen LogP contribution in [0.15, 0.2) is 72.9 Å². The van der Waals surface area contributed by atoms with E-state index in [1.807, 2.05) is 48.6 Å². The van der Waals surface area contributed by atoms with E-state index >= 15 is 0 Å². The Kier molecular flexibility index (Phi) is 7.65. The van der Waals surface area contributed by atoms with Crippen molar-refractivity contribution in [2.45, 2.75) is 0 Å². The fourth-order valence-corrected chi connectivity index (χ4v) is 3.07. The fraction of sp³-hybridized carbons (Fsp3) is 0.115. The first-order chi connectivity index (χ1) is 15.5. The molecule has 0 aliphatic carbocycles. The topological polar surface area (TPSA) is 56.8 Å². The molecular weight excluding hydrogens is 409 g/mol. The van der Waals surface area contributed by atoms with Crippen LogP contribution in [0.5, 0.6) is 17.2 Å². The van der Waals surface area contributed by atoms with Gasteiger partial charge in [0.1, 0.15) is 5.82 Å². The predicted molar refractivity (Wildman–Crippen MR) is 125 cm³/mol. The van der Waals surface area contributed by atoms with Crippen LogP contribution in [0, 0.1) is 5.82 Å². The maximum absolute atomic E-state index is 13.3. The monoisotopic (exact) mass is 433 g/mol. The van der Waals surface area contributed by atoms with E-state index < -0.39 is 5.82 Å². The zero-order valence-electron chi connectivity index (χ0n) is 18.1. The summed E-state index contributed by atoms with van der Waals surface area (Å²) in [6.07, 6.45) is 6.79. The lowest BCUT2D eigenvalue weighted by atomic mass is 10.1. The molecule has 0 bridgehead atoms. The molecule has 0 aliphatic rings. The standard InChI is InChI=1S/C26H24FNO4/c1-30-24-15-19(16-25(31-2)26(24)32-3)11-10-18-6-4-9-22(14-18)28-13-12-23(29)20-7-5-8-21(27)17-20/h4-17,28H,1-3H3. The van der Waals surface area contributed by atoms with Crippen LogP contribution in [0.4, 0.5) is 10.1 Å². The van der Waals surface area contributed by atoms with Crippen LogP contribution in [0.1, 0.15) is 21.5 Å². The number of hydrogen-bond donors (Lipinski definition) is 1. The van der Waals surface area contributed by atoms with E-state index in [-0.39, 0.29) is 5.78 Å². The molecule has 5 nitrogen and oxygen atoms in total. The number of carbonyl (C=O) groups excluding carboxylic acids is 1. The Morgan fingerprint density at radius 1 is 0.844 bits per heavy atom. The quantitative estimate of drug-likeness (QED) is 0.261. The number of ketones is 1. The minimum absolute atomic E-state index is 0.282. The number of anilines is 1. The van der Waals surface area contributed by atoms with Crippen LogP contribution >= 0.6 is 0 Å². The molecule has 3 rings (SSSR count). The Hall–Kier alpha value is -4.06. The van der Waals surface area contributed by atoms with Crippen molar-refractivity contribution in [3.63, 3.8) is 0 Å². The summed E-state index contributed by atoms with van der Waals surface area (Å²) in [7, 11) is 4.72. The largest absolute Gasteiger partial charge is 0.493 e. The molecule has 164 valence electrons. The van der Waals surface area contributed by atoms with Crippen LogP contribution in [0.2, 0.25) is 0 Å². The summed E-state index contributed by atoms with van der Waals surface area (Å²) in [5, 5.41) is 3.06. The summed E-state index contributed by atoms with van der Waals surface area (Å²) in [6.45, 7) is 0. The van der Waals surface area contributed by atoms with Crippen molar-refractivity contribution in [2.75, 3.05) is 26.6 Å². The second-order valence-corrected chi connectivity index (χ2v) is 6.77. The van der Waals surface area contributed by atoms with E-state index in [9.17, 15) is 9.18 Å². The molecule has 3 aromatic rings. The summed E-state index contributed by atoms with van der Waals surface area (Å²) in [5.74, 6) is 0.974. The number of nitrogens with one attached hydrogen (secondary N) is 1. The maximum Gasteiger partial charge on any atom is 0.203 e. The van der Waals surface area contributed by atoms with Gasteiger partial charge in [-0.1, -0.05) is 36.4 Å². The Morgan fingerprint density at radius 3 is 2.19 bits per heavy atom. The van der Waals surface area contributed by atoms with E-state index in [4.69, 9.17) is 14.2 Å².